The summed E-state index contributed by atoms with van der Waals surface area (Å²) in [6.07, 6.45) is 0.773. The maximum atomic E-state index is 12.3. The van der Waals surface area contributed by atoms with E-state index >= 15 is 0 Å². The predicted molar refractivity (Wildman–Crippen MR) is 110 cm³/mol. The number of carbonyl (C=O) groups is 2. The molecule has 0 bridgehead atoms. The first kappa shape index (κ1) is 19.9. The van der Waals surface area contributed by atoms with Crippen molar-refractivity contribution in [2.45, 2.75) is 6.42 Å². The van der Waals surface area contributed by atoms with Crippen LogP contribution in [-0.2, 0) is 6.42 Å². The second-order valence-electron chi connectivity index (χ2n) is 6.25. The standard InChI is InChI=1S/C23H22N2O4/c1-28-20-12-10-18(11-13-20)22(26)24-25-23(27)19-8-5-9-21(16-19)29-15-14-17-6-3-2-4-7-17/h2-13,16H,14-15H2,1H3,(H,24,26)(H,25,27). The summed E-state index contributed by atoms with van der Waals surface area (Å²) < 4.78 is 10.8. The van der Waals surface area contributed by atoms with Crippen LogP contribution < -0.4 is 20.3 Å². The molecule has 0 unspecified atom stereocenters. The van der Waals surface area contributed by atoms with E-state index in [2.05, 4.69) is 10.9 Å². The molecule has 0 spiro atoms. The molecule has 0 aliphatic heterocycles. The van der Waals surface area contributed by atoms with Crippen molar-refractivity contribution in [1.29, 1.82) is 0 Å². The zero-order chi connectivity index (χ0) is 20.5. The van der Waals surface area contributed by atoms with Crippen molar-refractivity contribution >= 4 is 11.8 Å². The maximum Gasteiger partial charge on any atom is 0.269 e. The van der Waals surface area contributed by atoms with Crippen molar-refractivity contribution in [3.8, 4) is 11.5 Å². The Morgan fingerprint density at radius 2 is 1.45 bits per heavy atom. The lowest BCUT2D eigenvalue weighted by molar-refractivity contribution is 0.0846. The number of amides is 2. The molecule has 6 heteroatoms. The molecule has 29 heavy (non-hydrogen) atoms. The molecule has 3 aromatic carbocycles. The van der Waals surface area contributed by atoms with Gasteiger partial charge < -0.3 is 9.47 Å². The number of ether oxygens (including phenoxy) is 2. The average molecular weight is 390 g/mol. The lowest BCUT2D eigenvalue weighted by Gasteiger charge is -2.10. The Bertz CT molecular complexity index is 956. The summed E-state index contributed by atoms with van der Waals surface area (Å²) >= 11 is 0. The molecule has 3 rings (SSSR count). The van der Waals surface area contributed by atoms with Gasteiger partial charge >= 0.3 is 0 Å². The number of hydrogen-bond acceptors (Lipinski definition) is 4. The van der Waals surface area contributed by atoms with Crippen LogP contribution >= 0.6 is 0 Å². The van der Waals surface area contributed by atoms with Crippen LogP contribution in [0, 0.1) is 0 Å². The summed E-state index contributed by atoms with van der Waals surface area (Å²) in [5.74, 6) is 0.390. The zero-order valence-corrected chi connectivity index (χ0v) is 16.1. The van der Waals surface area contributed by atoms with Gasteiger partial charge in [0.15, 0.2) is 0 Å². The Morgan fingerprint density at radius 1 is 0.759 bits per heavy atom. The van der Waals surface area contributed by atoms with Crippen molar-refractivity contribution in [2.75, 3.05) is 13.7 Å². The largest absolute Gasteiger partial charge is 0.497 e. The van der Waals surface area contributed by atoms with E-state index < -0.39 is 11.8 Å². The molecule has 148 valence electrons. The number of benzene rings is 3. The zero-order valence-electron chi connectivity index (χ0n) is 16.1. The lowest BCUT2D eigenvalue weighted by Crippen LogP contribution is -2.41. The van der Waals surface area contributed by atoms with Gasteiger partial charge in [-0.05, 0) is 48.0 Å². The SMILES string of the molecule is COc1ccc(C(=O)NNC(=O)c2cccc(OCCc3ccccc3)c2)cc1. The van der Waals surface area contributed by atoms with Crippen LogP contribution in [-0.4, -0.2) is 25.5 Å². The second-order valence-corrected chi connectivity index (χ2v) is 6.25. The second kappa shape index (κ2) is 9.94. The first-order chi connectivity index (χ1) is 14.2. The third-order valence-electron chi connectivity index (χ3n) is 4.24. The smallest absolute Gasteiger partial charge is 0.269 e. The number of carbonyl (C=O) groups excluding carboxylic acids is 2. The minimum atomic E-state index is -0.430. The van der Waals surface area contributed by atoms with E-state index in [0.29, 0.717) is 29.2 Å². The van der Waals surface area contributed by atoms with Gasteiger partial charge in [0.2, 0.25) is 0 Å². The Kier molecular flexibility index (Phi) is 6.84. The normalized spacial score (nSPS) is 10.1. The fourth-order valence-corrected chi connectivity index (χ4v) is 2.66. The van der Waals surface area contributed by atoms with Crippen LogP contribution in [0.2, 0.25) is 0 Å². The molecule has 0 aromatic heterocycles. The van der Waals surface area contributed by atoms with E-state index in [-0.39, 0.29) is 0 Å². The van der Waals surface area contributed by atoms with Crippen LogP contribution in [0.15, 0.2) is 78.9 Å². The molecule has 0 aliphatic rings. The van der Waals surface area contributed by atoms with E-state index in [0.717, 1.165) is 6.42 Å². The number of hydrazine groups is 1. The summed E-state index contributed by atoms with van der Waals surface area (Å²) in [4.78, 5) is 24.5. The van der Waals surface area contributed by atoms with Gasteiger partial charge in [-0.3, -0.25) is 20.4 Å². The Morgan fingerprint density at radius 3 is 2.14 bits per heavy atom. The summed E-state index contributed by atoms with van der Waals surface area (Å²) in [7, 11) is 1.55. The number of nitrogens with one attached hydrogen (secondary N) is 2. The van der Waals surface area contributed by atoms with Crippen LogP contribution in [0.4, 0.5) is 0 Å². The Hall–Kier alpha value is -3.80. The minimum Gasteiger partial charge on any atom is -0.497 e. The van der Waals surface area contributed by atoms with Gasteiger partial charge in [0.05, 0.1) is 13.7 Å². The number of rotatable bonds is 7. The van der Waals surface area contributed by atoms with Gasteiger partial charge in [-0.2, -0.15) is 0 Å². The predicted octanol–water partition coefficient (Wildman–Crippen LogP) is 3.39. The molecule has 0 saturated carbocycles. The highest BCUT2D eigenvalue weighted by atomic mass is 16.5. The van der Waals surface area contributed by atoms with Crippen LogP contribution in [0.3, 0.4) is 0 Å². The number of hydrogen-bond donors (Lipinski definition) is 2. The van der Waals surface area contributed by atoms with Crippen molar-refractivity contribution in [3.63, 3.8) is 0 Å². The van der Waals surface area contributed by atoms with Gasteiger partial charge in [0.1, 0.15) is 11.5 Å². The van der Waals surface area contributed by atoms with E-state index in [1.54, 1.807) is 55.6 Å². The highest BCUT2D eigenvalue weighted by molar-refractivity contribution is 5.99. The summed E-state index contributed by atoms with van der Waals surface area (Å²) in [5.41, 5.74) is 6.78. The molecule has 6 nitrogen and oxygen atoms in total. The van der Waals surface area contributed by atoms with Gasteiger partial charge in [-0.15, -0.1) is 0 Å². The third-order valence-corrected chi connectivity index (χ3v) is 4.24. The van der Waals surface area contributed by atoms with Crippen LogP contribution in [0.1, 0.15) is 26.3 Å². The van der Waals surface area contributed by atoms with E-state index in [1.165, 1.54) is 5.56 Å². The number of methoxy groups -OCH3 is 1. The van der Waals surface area contributed by atoms with Crippen molar-refractivity contribution in [1.82, 2.24) is 10.9 Å². The van der Waals surface area contributed by atoms with E-state index in [9.17, 15) is 9.59 Å². The molecule has 0 radical (unpaired) electrons. The van der Waals surface area contributed by atoms with Gasteiger partial charge in [0.25, 0.3) is 11.8 Å². The van der Waals surface area contributed by atoms with E-state index in [4.69, 9.17) is 9.47 Å². The molecule has 0 saturated heterocycles. The summed E-state index contributed by atoms with van der Waals surface area (Å²) in [6, 6.07) is 23.4. The molecule has 0 atom stereocenters. The molecule has 2 amide bonds. The highest BCUT2D eigenvalue weighted by Gasteiger charge is 2.10. The van der Waals surface area contributed by atoms with Gasteiger partial charge in [-0.1, -0.05) is 36.4 Å². The molecule has 2 N–H and O–H groups in total. The van der Waals surface area contributed by atoms with Crippen LogP contribution in [0.25, 0.3) is 0 Å². The van der Waals surface area contributed by atoms with Gasteiger partial charge in [0, 0.05) is 17.5 Å². The topological polar surface area (TPSA) is 76.7 Å². The first-order valence-corrected chi connectivity index (χ1v) is 9.17. The summed E-state index contributed by atoms with van der Waals surface area (Å²) in [5, 5.41) is 0. The molecule has 0 heterocycles. The lowest BCUT2D eigenvalue weighted by atomic mass is 10.2. The van der Waals surface area contributed by atoms with Crippen molar-refractivity contribution in [3.05, 3.63) is 95.6 Å². The molecule has 0 aliphatic carbocycles. The quantitative estimate of drug-likeness (QED) is 0.607. The average Bonchev–Trinajstić information content (AvgIpc) is 2.78. The third kappa shape index (κ3) is 5.84. The summed E-state index contributed by atoms with van der Waals surface area (Å²) in [6.45, 7) is 0.503. The first-order valence-electron chi connectivity index (χ1n) is 9.17. The molecular formula is C23H22N2O4. The van der Waals surface area contributed by atoms with Gasteiger partial charge in [-0.25, -0.2) is 0 Å². The van der Waals surface area contributed by atoms with Crippen molar-refractivity contribution < 1.29 is 19.1 Å². The minimum absolute atomic E-state index is 0.386. The maximum absolute atomic E-state index is 12.3. The Labute approximate surface area is 169 Å². The molecule has 0 fully saturated rings. The van der Waals surface area contributed by atoms with Crippen molar-refractivity contribution in [2.24, 2.45) is 0 Å². The Balaban J connectivity index is 1.51. The molecular weight excluding hydrogens is 368 g/mol. The fourth-order valence-electron chi connectivity index (χ4n) is 2.66. The van der Waals surface area contributed by atoms with E-state index in [1.807, 2.05) is 30.3 Å². The molecule has 3 aromatic rings. The highest BCUT2D eigenvalue weighted by Crippen LogP contribution is 2.14. The fraction of sp³-hybridized carbons (Fsp3) is 0.130. The van der Waals surface area contributed by atoms with Crippen LogP contribution in [0.5, 0.6) is 11.5 Å². The monoisotopic (exact) mass is 390 g/mol.